The Balaban J connectivity index is 1.47. The molecular weight excluding hydrogens is 380 g/mol. The average Bonchev–Trinajstić information content (AvgIpc) is 3.31. The molecule has 128 valence electrons. The van der Waals surface area contributed by atoms with Crippen molar-refractivity contribution in [2.24, 2.45) is 5.92 Å². The maximum atomic E-state index is 12.7. The second-order valence-electron chi connectivity index (χ2n) is 6.66. The van der Waals surface area contributed by atoms with E-state index >= 15 is 0 Å². The topological polar surface area (TPSA) is 49.4 Å². The first-order chi connectivity index (χ1) is 12.1. The number of rotatable bonds is 4. The molecule has 2 aliphatic rings. The van der Waals surface area contributed by atoms with Gasteiger partial charge in [0.15, 0.2) is 0 Å². The van der Waals surface area contributed by atoms with Gasteiger partial charge in [-0.15, -0.1) is 0 Å². The van der Waals surface area contributed by atoms with E-state index in [1.165, 1.54) is 5.56 Å². The van der Waals surface area contributed by atoms with Crippen LogP contribution in [0.15, 0.2) is 53.0 Å². The average molecular weight is 399 g/mol. The molecule has 0 spiro atoms. The van der Waals surface area contributed by atoms with Crippen LogP contribution in [0.4, 0.5) is 11.4 Å². The van der Waals surface area contributed by atoms with Gasteiger partial charge in [0.25, 0.3) is 0 Å². The Labute approximate surface area is 155 Å². The first-order valence-electron chi connectivity index (χ1n) is 8.59. The number of halogens is 1. The molecule has 1 aliphatic heterocycles. The standard InChI is InChI=1S/C20H19BrN2O2/c21-14-9-7-13(8-10-14)15-12-16(15)20(25)22-17-4-1-2-5-18(17)23-11-3-6-19(23)24/h1-2,4-5,7-10,15-16H,3,6,11-12H2,(H,22,25). The summed E-state index contributed by atoms with van der Waals surface area (Å²) in [6, 6.07) is 15.7. The minimum Gasteiger partial charge on any atom is -0.324 e. The molecule has 0 radical (unpaired) electrons. The van der Waals surface area contributed by atoms with Crippen molar-refractivity contribution in [1.82, 2.24) is 0 Å². The number of hydrogen-bond donors (Lipinski definition) is 1. The van der Waals surface area contributed by atoms with E-state index in [0.29, 0.717) is 6.42 Å². The number of hydrogen-bond acceptors (Lipinski definition) is 2. The van der Waals surface area contributed by atoms with E-state index in [1.807, 2.05) is 36.4 Å². The molecule has 2 unspecified atom stereocenters. The van der Waals surface area contributed by atoms with E-state index in [4.69, 9.17) is 0 Å². The molecule has 1 saturated heterocycles. The molecule has 2 amide bonds. The maximum Gasteiger partial charge on any atom is 0.228 e. The van der Waals surface area contributed by atoms with E-state index < -0.39 is 0 Å². The first kappa shape index (κ1) is 16.3. The third kappa shape index (κ3) is 3.33. The number of benzene rings is 2. The number of carbonyl (C=O) groups is 2. The summed E-state index contributed by atoms with van der Waals surface area (Å²) >= 11 is 3.44. The van der Waals surface area contributed by atoms with Gasteiger partial charge in [-0.1, -0.05) is 40.2 Å². The summed E-state index contributed by atoms with van der Waals surface area (Å²) in [4.78, 5) is 26.5. The summed E-state index contributed by atoms with van der Waals surface area (Å²) in [7, 11) is 0. The van der Waals surface area contributed by atoms with Crippen molar-refractivity contribution in [2.75, 3.05) is 16.8 Å². The lowest BCUT2D eigenvalue weighted by Gasteiger charge is -2.20. The van der Waals surface area contributed by atoms with Crippen LogP contribution in [-0.2, 0) is 9.59 Å². The van der Waals surface area contributed by atoms with Gasteiger partial charge in [-0.25, -0.2) is 0 Å². The Morgan fingerprint density at radius 3 is 2.60 bits per heavy atom. The Morgan fingerprint density at radius 1 is 1.12 bits per heavy atom. The van der Waals surface area contributed by atoms with Crippen LogP contribution < -0.4 is 10.2 Å². The lowest BCUT2D eigenvalue weighted by atomic mass is 10.1. The fourth-order valence-electron chi connectivity index (χ4n) is 3.51. The van der Waals surface area contributed by atoms with Crippen LogP contribution >= 0.6 is 15.9 Å². The highest BCUT2D eigenvalue weighted by Crippen LogP contribution is 2.48. The number of nitrogens with zero attached hydrogens (tertiary/aromatic N) is 1. The normalized spacial score (nSPS) is 22.1. The first-order valence-corrected chi connectivity index (χ1v) is 9.38. The van der Waals surface area contributed by atoms with Gasteiger partial charge >= 0.3 is 0 Å². The molecule has 1 saturated carbocycles. The zero-order chi connectivity index (χ0) is 17.4. The SMILES string of the molecule is O=C(Nc1ccccc1N1CCCC1=O)C1CC1c1ccc(Br)cc1. The Bertz CT molecular complexity index is 819. The van der Waals surface area contributed by atoms with Crippen molar-refractivity contribution in [3.8, 4) is 0 Å². The molecule has 1 N–H and O–H groups in total. The van der Waals surface area contributed by atoms with Crippen LogP contribution in [0.5, 0.6) is 0 Å². The molecule has 1 heterocycles. The molecule has 25 heavy (non-hydrogen) atoms. The van der Waals surface area contributed by atoms with Crippen molar-refractivity contribution in [1.29, 1.82) is 0 Å². The van der Waals surface area contributed by atoms with E-state index in [9.17, 15) is 9.59 Å². The van der Waals surface area contributed by atoms with Crippen LogP contribution in [0.3, 0.4) is 0 Å². The number of amides is 2. The molecule has 2 fully saturated rings. The quantitative estimate of drug-likeness (QED) is 0.833. The van der Waals surface area contributed by atoms with Crippen molar-refractivity contribution >= 4 is 39.1 Å². The van der Waals surface area contributed by atoms with Crippen molar-refractivity contribution < 1.29 is 9.59 Å². The molecule has 0 aromatic heterocycles. The molecule has 2 atom stereocenters. The molecule has 2 aromatic rings. The number of anilines is 2. The molecule has 0 bridgehead atoms. The summed E-state index contributed by atoms with van der Waals surface area (Å²) in [5.41, 5.74) is 2.73. The third-order valence-corrected chi connectivity index (χ3v) is 5.48. The Hall–Kier alpha value is -2.14. The summed E-state index contributed by atoms with van der Waals surface area (Å²) in [6.45, 7) is 0.719. The van der Waals surface area contributed by atoms with Gasteiger partial charge < -0.3 is 10.2 Å². The highest BCUT2D eigenvalue weighted by Gasteiger charge is 2.44. The Morgan fingerprint density at radius 2 is 1.88 bits per heavy atom. The summed E-state index contributed by atoms with van der Waals surface area (Å²) < 4.78 is 1.04. The minimum absolute atomic E-state index is 0.00325. The van der Waals surface area contributed by atoms with Gasteiger partial charge in [0.1, 0.15) is 0 Å². The lowest BCUT2D eigenvalue weighted by molar-refractivity contribution is -0.118. The van der Waals surface area contributed by atoms with Crippen LogP contribution in [0.2, 0.25) is 0 Å². The van der Waals surface area contributed by atoms with E-state index in [2.05, 4.69) is 33.4 Å². The maximum absolute atomic E-state index is 12.7. The van der Waals surface area contributed by atoms with Crippen LogP contribution in [0.1, 0.15) is 30.7 Å². The van der Waals surface area contributed by atoms with Gasteiger partial charge in [-0.2, -0.15) is 0 Å². The highest BCUT2D eigenvalue weighted by atomic mass is 79.9. The number of para-hydroxylation sites is 2. The molecule has 4 rings (SSSR count). The second kappa shape index (κ2) is 6.64. The van der Waals surface area contributed by atoms with Gasteiger partial charge in [0.05, 0.1) is 11.4 Å². The largest absolute Gasteiger partial charge is 0.324 e. The number of nitrogens with one attached hydrogen (secondary N) is 1. The van der Waals surface area contributed by atoms with Gasteiger partial charge in [-0.05, 0) is 48.6 Å². The van der Waals surface area contributed by atoms with Crippen LogP contribution in [0, 0.1) is 5.92 Å². The van der Waals surface area contributed by atoms with E-state index in [1.54, 1.807) is 4.90 Å². The second-order valence-corrected chi connectivity index (χ2v) is 7.57. The van der Waals surface area contributed by atoms with Crippen LogP contribution in [-0.4, -0.2) is 18.4 Å². The van der Waals surface area contributed by atoms with E-state index in [0.717, 1.165) is 35.2 Å². The van der Waals surface area contributed by atoms with Gasteiger partial charge in [-0.3, -0.25) is 9.59 Å². The molecule has 5 heteroatoms. The van der Waals surface area contributed by atoms with Crippen molar-refractivity contribution in [3.05, 3.63) is 58.6 Å². The van der Waals surface area contributed by atoms with Gasteiger partial charge in [0, 0.05) is 23.4 Å². The molecule has 4 nitrogen and oxygen atoms in total. The molecular formula is C20H19BrN2O2. The fourth-order valence-corrected chi connectivity index (χ4v) is 3.77. The van der Waals surface area contributed by atoms with Gasteiger partial charge in [0.2, 0.25) is 11.8 Å². The predicted molar refractivity (Wildman–Crippen MR) is 102 cm³/mol. The molecule has 1 aliphatic carbocycles. The number of carbonyl (C=O) groups excluding carboxylic acids is 2. The summed E-state index contributed by atoms with van der Waals surface area (Å²) in [5.74, 6) is 0.449. The Kier molecular flexibility index (Phi) is 4.34. The zero-order valence-electron chi connectivity index (χ0n) is 13.7. The monoisotopic (exact) mass is 398 g/mol. The lowest BCUT2D eigenvalue weighted by Crippen LogP contribution is -2.26. The molecule has 2 aromatic carbocycles. The zero-order valence-corrected chi connectivity index (χ0v) is 15.3. The predicted octanol–water partition coefficient (Wildman–Crippen LogP) is 4.32. The fraction of sp³-hybridized carbons (Fsp3) is 0.300. The third-order valence-electron chi connectivity index (χ3n) is 4.95. The minimum atomic E-state index is 0.00325. The summed E-state index contributed by atoms with van der Waals surface area (Å²) in [6.07, 6.45) is 2.32. The summed E-state index contributed by atoms with van der Waals surface area (Å²) in [5, 5.41) is 3.04. The van der Waals surface area contributed by atoms with E-state index in [-0.39, 0.29) is 23.7 Å². The highest BCUT2D eigenvalue weighted by molar-refractivity contribution is 9.10. The van der Waals surface area contributed by atoms with Crippen LogP contribution in [0.25, 0.3) is 0 Å². The van der Waals surface area contributed by atoms with Crippen molar-refractivity contribution in [2.45, 2.75) is 25.2 Å². The van der Waals surface area contributed by atoms with Crippen molar-refractivity contribution in [3.63, 3.8) is 0 Å². The smallest absolute Gasteiger partial charge is 0.228 e.